The van der Waals surface area contributed by atoms with Crippen molar-refractivity contribution in [1.82, 2.24) is 4.98 Å². The molecule has 0 saturated carbocycles. The van der Waals surface area contributed by atoms with E-state index < -0.39 is 0 Å². The molecular weight excluding hydrogens is 290 g/mol. The second-order valence-corrected chi connectivity index (χ2v) is 7.53. The van der Waals surface area contributed by atoms with Gasteiger partial charge in [0.2, 0.25) is 0 Å². The molecule has 1 heterocycles. The predicted molar refractivity (Wildman–Crippen MR) is 103 cm³/mol. The molecule has 1 aromatic heterocycles. The standard InChI is InChI=1S/C23H25N/c1-16-7-6-8-17(2)22(16)19-11-14-21(24-15-19)18-9-12-20(13-10-18)23(3,4)5/h6-15H,1-5H3. The van der Waals surface area contributed by atoms with Gasteiger partial charge in [0.15, 0.2) is 0 Å². The Balaban J connectivity index is 1.93. The lowest BCUT2D eigenvalue weighted by Gasteiger charge is -2.19. The summed E-state index contributed by atoms with van der Waals surface area (Å²) in [6.45, 7) is 11.0. The van der Waals surface area contributed by atoms with E-state index in [4.69, 9.17) is 4.98 Å². The molecule has 0 radical (unpaired) electrons. The van der Waals surface area contributed by atoms with E-state index in [1.165, 1.54) is 27.8 Å². The Morgan fingerprint density at radius 3 is 1.79 bits per heavy atom. The van der Waals surface area contributed by atoms with Gasteiger partial charge < -0.3 is 0 Å². The van der Waals surface area contributed by atoms with E-state index in [0.29, 0.717) is 0 Å². The number of hydrogen-bond acceptors (Lipinski definition) is 1. The van der Waals surface area contributed by atoms with Crippen LogP contribution in [0.5, 0.6) is 0 Å². The van der Waals surface area contributed by atoms with Crippen LogP contribution < -0.4 is 0 Å². The zero-order valence-electron chi connectivity index (χ0n) is 15.2. The SMILES string of the molecule is Cc1cccc(C)c1-c1ccc(-c2ccc(C(C)(C)C)cc2)nc1. The highest BCUT2D eigenvalue weighted by Gasteiger charge is 2.13. The molecule has 3 rings (SSSR count). The van der Waals surface area contributed by atoms with Crippen molar-refractivity contribution in [3.05, 3.63) is 77.5 Å². The molecular formula is C23H25N. The minimum absolute atomic E-state index is 0.179. The summed E-state index contributed by atoms with van der Waals surface area (Å²) < 4.78 is 0. The van der Waals surface area contributed by atoms with Crippen LogP contribution in [0, 0.1) is 13.8 Å². The van der Waals surface area contributed by atoms with Gasteiger partial charge >= 0.3 is 0 Å². The molecule has 0 amide bonds. The van der Waals surface area contributed by atoms with E-state index in [1.807, 2.05) is 6.20 Å². The number of pyridine rings is 1. The minimum atomic E-state index is 0.179. The Labute approximate surface area is 145 Å². The van der Waals surface area contributed by atoms with Crippen molar-refractivity contribution in [2.24, 2.45) is 0 Å². The molecule has 0 saturated heterocycles. The van der Waals surface area contributed by atoms with Crippen molar-refractivity contribution in [1.29, 1.82) is 0 Å². The Bertz CT molecular complexity index is 814. The van der Waals surface area contributed by atoms with Gasteiger partial charge in [-0.25, -0.2) is 0 Å². The second kappa shape index (κ2) is 6.24. The summed E-state index contributed by atoms with van der Waals surface area (Å²) in [7, 11) is 0. The second-order valence-electron chi connectivity index (χ2n) is 7.53. The van der Waals surface area contributed by atoms with Crippen LogP contribution in [0.15, 0.2) is 60.8 Å². The molecule has 0 spiro atoms. The fourth-order valence-corrected chi connectivity index (χ4v) is 3.12. The van der Waals surface area contributed by atoms with Crippen LogP contribution in [0.1, 0.15) is 37.5 Å². The highest BCUT2D eigenvalue weighted by Crippen LogP contribution is 2.29. The summed E-state index contributed by atoms with van der Waals surface area (Å²) in [6, 6.07) is 19.5. The van der Waals surface area contributed by atoms with Gasteiger partial charge in [0.1, 0.15) is 0 Å². The van der Waals surface area contributed by atoms with Crippen molar-refractivity contribution in [3.63, 3.8) is 0 Å². The molecule has 1 nitrogen and oxygen atoms in total. The maximum absolute atomic E-state index is 4.70. The fraction of sp³-hybridized carbons (Fsp3) is 0.261. The Morgan fingerprint density at radius 1 is 0.708 bits per heavy atom. The Hall–Kier alpha value is -2.41. The van der Waals surface area contributed by atoms with Crippen LogP contribution in [0.4, 0.5) is 0 Å². The molecule has 2 aromatic carbocycles. The van der Waals surface area contributed by atoms with E-state index in [2.05, 4.69) is 89.2 Å². The quantitative estimate of drug-likeness (QED) is 0.538. The predicted octanol–water partition coefficient (Wildman–Crippen LogP) is 6.33. The third-order valence-corrected chi connectivity index (χ3v) is 4.58. The first kappa shape index (κ1) is 16.4. The molecule has 122 valence electrons. The average molecular weight is 315 g/mol. The number of benzene rings is 2. The molecule has 0 aliphatic rings. The zero-order chi connectivity index (χ0) is 17.3. The molecule has 0 aliphatic heterocycles. The molecule has 0 fully saturated rings. The maximum Gasteiger partial charge on any atom is 0.0702 e. The van der Waals surface area contributed by atoms with Crippen LogP contribution in [0.25, 0.3) is 22.4 Å². The van der Waals surface area contributed by atoms with Gasteiger partial charge in [0, 0.05) is 17.3 Å². The van der Waals surface area contributed by atoms with Gasteiger partial charge in [0.25, 0.3) is 0 Å². The van der Waals surface area contributed by atoms with Crippen molar-refractivity contribution in [3.8, 4) is 22.4 Å². The monoisotopic (exact) mass is 315 g/mol. The number of nitrogens with zero attached hydrogens (tertiary/aromatic N) is 1. The molecule has 0 atom stereocenters. The van der Waals surface area contributed by atoms with Gasteiger partial charge in [0.05, 0.1) is 5.69 Å². The lowest BCUT2D eigenvalue weighted by molar-refractivity contribution is 0.590. The first-order chi connectivity index (χ1) is 11.4. The third kappa shape index (κ3) is 3.26. The summed E-state index contributed by atoms with van der Waals surface area (Å²) in [6.07, 6.45) is 1.99. The van der Waals surface area contributed by atoms with E-state index in [0.717, 1.165) is 11.3 Å². The minimum Gasteiger partial charge on any atom is -0.256 e. The lowest BCUT2D eigenvalue weighted by atomic mass is 9.86. The summed E-state index contributed by atoms with van der Waals surface area (Å²) in [4.78, 5) is 4.70. The molecule has 0 N–H and O–H groups in total. The van der Waals surface area contributed by atoms with Gasteiger partial charge in [-0.1, -0.05) is 69.3 Å². The van der Waals surface area contributed by atoms with Crippen LogP contribution in [0.3, 0.4) is 0 Å². The van der Waals surface area contributed by atoms with E-state index >= 15 is 0 Å². The Kier molecular flexibility index (Phi) is 4.28. The van der Waals surface area contributed by atoms with Crippen LogP contribution in [0.2, 0.25) is 0 Å². The third-order valence-electron chi connectivity index (χ3n) is 4.58. The summed E-state index contributed by atoms with van der Waals surface area (Å²) >= 11 is 0. The largest absolute Gasteiger partial charge is 0.256 e. The molecule has 1 heteroatoms. The lowest BCUT2D eigenvalue weighted by Crippen LogP contribution is -2.10. The van der Waals surface area contributed by atoms with E-state index in [1.54, 1.807) is 0 Å². The first-order valence-electron chi connectivity index (χ1n) is 8.50. The van der Waals surface area contributed by atoms with Gasteiger partial charge in [-0.05, 0) is 47.6 Å². The molecule has 3 aromatic rings. The van der Waals surface area contributed by atoms with Gasteiger partial charge in [-0.3, -0.25) is 4.98 Å². The molecule has 0 unspecified atom stereocenters. The highest BCUT2D eigenvalue weighted by molar-refractivity contribution is 5.72. The molecule has 24 heavy (non-hydrogen) atoms. The highest BCUT2D eigenvalue weighted by atomic mass is 14.7. The van der Waals surface area contributed by atoms with Crippen LogP contribution >= 0.6 is 0 Å². The average Bonchev–Trinajstić information content (AvgIpc) is 2.55. The van der Waals surface area contributed by atoms with Gasteiger partial charge in [-0.15, -0.1) is 0 Å². The van der Waals surface area contributed by atoms with Gasteiger partial charge in [-0.2, -0.15) is 0 Å². The number of hydrogen-bond donors (Lipinski definition) is 0. The van der Waals surface area contributed by atoms with E-state index in [9.17, 15) is 0 Å². The fourth-order valence-electron chi connectivity index (χ4n) is 3.12. The van der Waals surface area contributed by atoms with E-state index in [-0.39, 0.29) is 5.41 Å². The number of aromatic nitrogens is 1. The maximum atomic E-state index is 4.70. The van der Waals surface area contributed by atoms with Crippen molar-refractivity contribution < 1.29 is 0 Å². The topological polar surface area (TPSA) is 12.9 Å². The van der Waals surface area contributed by atoms with Crippen molar-refractivity contribution in [2.75, 3.05) is 0 Å². The van der Waals surface area contributed by atoms with Crippen molar-refractivity contribution >= 4 is 0 Å². The first-order valence-corrected chi connectivity index (χ1v) is 8.50. The number of rotatable bonds is 2. The Morgan fingerprint density at radius 2 is 1.29 bits per heavy atom. The van der Waals surface area contributed by atoms with Crippen LogP contribution in [-0.4, -0.2) is 4.98 Å². The molecule has 0 aliphatic carbocycles. The zero-order valence-corrected chi connectivity index (χ0v) is 15.2. The summed E-state index contributed by atoms with van der Waals surface area (Å²) in [5, 5.41) is 0. The van der Waals surface area contributed by atoms with Crippen molar-refractivity contribution in [2.45, 2.75) is 40.0 Å². The molecule has 0 bridgehead atoms. The normalized spacial score (nSPS) is 11.5. The summed E-state index contributed by atoms with van der Waals surface area (Å²) in [5.74, 6) is 0. The summed E-state index contributed by atoms with van der Waals surface area (Å²) in [5.41, 5.74) is 8.76. The van der Waals surface area contributed by atoms with Crippen LogP contribution in [-0.2, 0) is 5.41 Å². The smallest absolute Gasteiger partial charge is 0.0702 e. The number of aryl methyl sites for hydroxylation is 2.